The van der Waals surface area contributed by atoms with E-state index in [-0.39, 0.29) is 6.04 Å². The third kappa shape index (κ3) is 2.49. The van der Waals surface area contributed by atoms with Gasteiger partial charge in [-0.1, -0.05) is 6.07 Å². The van der Waals surface area contributed by atoms with Gasteiger partial charge in [0.05, 0.1) is 5.71 Å². The van der Waals surface area contributed by atoms with Gasteiger partial charge in [0.25, 0.3) is 0 Å². The first kappa shape index (κ1) is 14.6. The summed E-state index contributed by atoms with van der Waals surface area (Å²) in [6.45, 7) is 2.08. The molecule has 3 aromatic heterocycles. The van der Waals surface area contributed by atoms with Crippen molar-refractivity contribution < 1.29 is 0 Å². The van der Waals surface area contributed by atoms with Crippen LogP contribution in [0.4, 0.5) is 5.82 Å². The molecule has 0 radical (unpaired) electrons. The van der Waals surface area contributed by atoms with Crippen molar-refractivity contribution >= 4 is 28.7 Å². The van der Waals surface area contributed by atoms with Gasteiger partial charge in [-0.15, -0.1) is 11.3 Å². The van der Waals surface area contributed by atoms with E-state index in [0.29, 0.717) is 0 Å². The van der Waals surface area contributed by atoms with Crippen LogP contribution in [0.3, 0.4) is 0 Å². The van der Waals surface area contributed by atoms with E-state index in [4.69, 9.17) is 9.98 Å². The molecule has 0 amide bonds. The number of hydrogen-bond acceptors (Lipinski definition) is 5. The zero-order valence-corrected chi connectivity index (χ0v) is 14.4. The molecule has 2 aliphatic heterocycles. The van der Waals surface area contributed by atoms with Gasteiger partial charge in [-0.3, -0.25) is 4.99 Å². The molecule has 1 unspecified atom stereocenters. The van der Waals surface area contributed by atoms with E-state index >= 15 is 0 Å². The van der Waals surface area contributed by atoms with Crippen LogP contribution in [0.2, 0.25) is 0 Å². The van der Waals surface area contributed by atoms with E-state index in [1.165, 1.54) is 11.3 Å². The lowest BCUT2D eigenvalue weighted by Gasteiger charge is -2.35. The maximum Gasteiger partial charge on any atom is 0.163 e. The summed E-state index contributed by atoms with van der Waals surface area (Å²) >= 11 is 1.73. The lowest BCUT2D eigenvalue weighted by Crippen LogP contribution is -2.44. The Bertz CT molecular complexity index is 936. The molecular formula is C19H17N5S. The summed E-state index contributed by atoms with van der Waals surface area (Å²) in [7, 11) is 0. The van der Waals surface area contributed by atoms with Crippen molar-refractivity contribution in [3.05, 3.63) is 70.3 Å². The average Bonchev–Trinajstić information content (AvgIpc) is 3.26. The quantitative estimate of drug-likeness (QED) is 0.766. The Kier molecular flexibility index (Phi) is 3.48. The molecule has 0 bridgehead atoms. The molecule has 5 heterocycles. The van der Waals surface area contributed by atoms with Gasteiger partial charge in [-0.2, -0.15) is 0 Å². The maximum absolute atomic E-state index is 5.18. The second-order valence-corrected chi connectivity index (χ2v) is 7.16. The molecule has 0 aliphatic carbocycles. The molecule has 0 saturated carbocycles. The van der Waals surface area contributed by atoms with E-state index < -0.39 is 0 Å². The van der Waals surface area contributed by atoms with Crippen molar-refractivity contribution in [1.29, 1.82) is 0 Å². The van der Waals surface area contributed by atoms with Gasteiger partial charge in [-0.05, 0) is 36.1 Å². The molecule has 5 rings (SSSR count). The first-order chi connectivity index (χ1) is 12.4. The number of likely N-dealkylation sites (tertiary alicyclic amines) is 1. The van der Waals surface area contributed by atoms with Crippen molar-refractivity contribution in [2.45, 2.75) is 12.5 Å². The van der Waals surface area contributed by atoms with E-state index in [2.05, 4.69) is 44.5 Å². The Hall–Kier alpha value is -2.73. The summed E-state index contributed by atoms with van der Waals surface area (Å²) in [5.41, 5.74) is 3.00. The summed E-state index contributed by atoms with van der Waals surface area (Å²) in [5, 5.41) is 2.10. The van der Waals surface area contributed by atoms with Crippen LogP contribution in [-0.4, -0.2) is 39.5 Å². The minimum absolute atomic E-state index is 0.0839. The second-order valence-electron chi connectivity index (χ2n) is 6.18. The molecule has 1 atom stereocenters. The maximum atomic E-state index is 5.18. The molecule has 5 nitrogen and oxygen atoms in total. The third-order valence-electron chi connectivity index (χ3n) is 4.63. The molecule has 1 saturated heterocycles. The number of nitrogens with zero attached hydrogens (tertiary/aromatic N) is 4. The fourth-order valence-corrected chi connectivity index (χ4v) is 3.98. The number of H-pyrrole nitrogens is 1. The summed E-state index contributed by atoms with van der Waals surface area (Å²) in [6, 6.07) is 10.2. The smallest absolute Gasteiger partial charge is 0.163 e. The van der Waals surface area contributed by atoms with Crippen LogP contribution in [0.5, 0.6) is 0 Å². The lowest BCUT2D eigenvalue weighted by atomic mass is 10.1. The highest BCUT2D eigenvalue weighted by Gasteiger charge is 2.31. The van der Waals surface area contributed by atoms with Crippen LogP contribution in [0, 0.1) is 0 Å². The van der Waals surface area contributed by atoms with E-state index in [1.807, 2.05) is 18.5 Å². The number of aromatic amines is 1. The topological polar surface area (TPSA) is 56.6 Å². The van der Waals surface area contributed by atoms with Crippen LogP contribution in [0.1, 0.15) is 28.5 Å². The molecule has 0 spiro atoms. The van der Waals surface area contributed by atoms with Crippen LogP contribution in [-0.2, 0) is 0 Å². The van der Waals surface area contributed by atoms with Gasteiger partial charge in [0.1, 0.15) is 11.9 Å². The minimum Gasteiger partial charge on any atom is -0.367 e. The molecule has 2 aliphatic rings. The summed E-state index contributed by atoms with van der Waals surface area (Å²) in [6.07, 6.45) is 6.92. The highest BCUT2D eigenvalue weighted by molar-refractivity contribution is 7.10. The Morgan fingerprint density at radius 3 is 2.84 bits per heavy atom. The number of pyridine rings is 1. The number of aliphatic imine (C=N–C) groups is 2. The number of hydrogen-bond donors (Lipinski definition) is 1. The molecule has 124 valence electrons. The van der Waals surface area contributed by atoms with E-state index in [9.17, 15) is 0 Å². The van der Waals surface area contributed by atoms with Crippen LogP contribution < -0.4 is 0 Å². The fraction of sp³-hybridized carbons (Fsp3) is 0.211. The summed E-state index contributed by atoms with van der Waals surface area (Å²) in [4.78, 5) is 21.4. The third-order valence-corrected chi connectivity index (χ3v) is 5.55. The second kappa shape index (κ2) is 5.97. The van der Waals surface area contributed by atoms with E-state index in [0.717, 1.165) is 41.6 Å². The normalized spacial score (nSPS) is 19.5. The lowest BCUT2D eigenvalue weighted by molar-refractivity contribution is 0.291. The summed E-state index contributed by atoms with van der Waals surface area (Å²) < 4.78 is 0. The van der Waals surface area contributed by atoms with Gasteiger partial charge < -0.3 is 9.88 Å². The zero-order chi connectivity index (χ0) is 16.6. The summed E-state index contributed by atoms with van der Waals surface area (Å²) in [5.74, 6) is 1.77. The molecule has 1 fully saturated rings. The van der Waals surface area contributed by atoms with Crippen LogP contribution in [0.25, 0.3) is 0 Å². The predicted octanol–water partition coefficient (Wildman–Crippen LogP) is 3.80. The van der Waals surface area contributed by atoms with Gasteiger partial charge >= 0.3 is 0 Å². The first-order valence-corrected chi connectivity index (χ1v) is 9.31. The highest BCUT2D eigenvalue weighted by Crippen LogP contribution is 2.34. The molecule has 0 aromatic carbocycles. The Labute approximate surface area is 149 Å². The van der Waals surface area contributed by atoms with Gasteiger partial charge in [-0.25, -0.2) is 9.98 Å². The monoisotopic (exact) mass is 347 g/mol. The van der Waals surface area contributed by atoms with Crippen LogP contribution >= 0.6 is 11.3 Å². The van der Waals surface area contributed by atoms with Gasteiger partial charge in [0.15, 0.2) is 5.82 Å². The molecular weight excluding hydrogens is 330 g/mol. The minimum atomic E-state index is -0.0839. The van der Waals surface area contributed by atoms with Crippen molar-refractivity contribution in [3.63, 3.8) is 0 Å². The van der Waals surface area contributed by atoms with E-state index in [1.54, 1.807) is 17.5 Å². The van der Waals surface area contributed by atoms with Crippen molar-refractivity contribution in [3.8, 4) is 0 Å². The number of thiophene rings is 1. The molecule has 3 aromatic rings. The molecule has 25 heavy (non-hydrogen) atoms. The number of fused-ring (bicyclic) bond motifs is 1. The van der Waals surface area contributed by atoms with Crippen molar-refractivity contribution in [2.24, 2.45) is 9.98 Å². The van der Waals surface area contributed by atoms with Gasteiger partial charge in [0, 0.05) is 47.7 Å². The molecule has 6 heteroatoms. The number of nitrogens with one attached hydrogen (secondary N) is 1. The zero-order valence-electron chi connectivity index (χ0n) is 13.6. The number of rotatable bonds is 2. The SMILES string of the molecule is c1csc(C2N=C(c3cc[nH]c3)c3cccnc3N=C2N2CCC2)c1. The molecule has 1 N–H and O–H groups in total. The Morgan fingerprint density at radius 2 is 2.12 bits per heavy atom. The number of aromatic nitrogens is 2. The Balaban J connectivity index is 1.74. The average molecular weight is 347 g/mol. The Morgan fingerprint density at radius 1 is 1.16 bits per heavy atom. The van der Waals surface area contributed by atoms with Crippen LogP contribution in [0.15, 0.2) is 64.3 Å². The predicted molar refractivity (Wildman–Crippen MR) is 101 cm³/mol. The first-order valence-electron chi connectivity index (χ1n) is 8.43. The highest BCUT2D eigenvalue weighted by atomic mass is 32.1. The largest absolute Gasteiger partial charge is 0.367 e. The standard InChI is InChI=1S/C19H17N5S/c1-4-14-16(13-6-8-20-12-13)22-17(15-5-2-11-25-15)19(24-9-3-10-24)23-18(14)21-7-1/h1-2,4-8,11-12,17,20H,3,9-10H2. The number of amidine groups is 1. The van der Waals surface area contributed by atoms with Crippen molar-refractivity contribution in [1.82, 2.24) is 14.9 Å². The van der Waals surface area contributed by atoms with Crippen molar-refractivity contribution in [2.75, 3.05) is 13.1 Å². The van der Waals surface area contributed by atoms with Gasteiger partial charge in [0.2, 0.25) is 0 Å². The fourth-order valence-electron chi connectivity index (χ4n) is 3.22.